The summed E-state index contributed by atoms with van der Waals surface area (Å²) in [7, 11) is 0. The number of benzene rings is 1. The minimum atomic E-state index is -4.53. The molecule has 0 bridgehead atoms. The Bertz CT molecular complexity index is 717. The molecule has 0 aliphatic heterocycles. The van der Waals surface area contributed by atoms with Crippen molar-refractivity contribution in [3.05, 3.63) is 29.8 Å². The van der Waals surface area contributed by atoms with E-state index in [4.69, 9.17) is 4.74 Å². The lowest BCUT2D eigenvalue weighted by Gasteiger charge is -2.30. The number of alkyl halides is 3. The minimum Gasteiger partial charge on any atom is -0.452 e. The third-order valence-corrected chi connectivity index (χ3v) is 4.21. The Labute approximate surface area is 154 Å². The van der Waals surface area contributed by atoms with Crippen LogP contribution in [0.1, 0.15) is 37.0 Å². The topological polar surface area (TPSA) is 75.7 Å². The molecule has 0 aromatic heterocycles. The van der Waals surface area contributed by atoms with Gasteiger partial charge in [-0.25, -0.2) is 4.79 Å². The number of ether oxygens (including phenoxy) is 1. The zero-order valence-corrected chi connectivity index (χ0v) is 15.0. The molecule has 1 fully saturated rings. The number of nitrogens with zero attached hydrogens (tertiary/aromatic N) is 1. The summed E-state index contributed by atoms with van der Waals surface area (Å²) >= 11 is 0. The van der Waals surface area contributed by atoms with Gasteiger partial charge in [-0.1, -0.05) is 6.07 Å². The Kier molecular flexibility index (Phi) is 6.45. The van der Waals surface area contributed by atoms with Crippen LogP contribution in [-0.4, -0.2) is 48.1 Å². The Hall–Kier alpha value is -2.58. The van der Waals surface area contributed by atoms with Gasteiger partial charge in [-0.3, -0.25) is 9.59 Å². The maximum absolute atomic E-state index is 12.8. The molecule has 1 aliphatic carbocycles. The fourth-order valence-electron chi connectivity index (χ4n) is 2.71. The van der Waals surface area contributed by atoms with E-state index in [-0.39, 0.29) is 17.4 Å². The lowest BCUT2D eigenvalue weighted by atomic mass is 10.1. The predicted octanol–water partition coefficient (Wildman–Crippen LogP) is 2.99. The average Bonchev–Trinajstić information content (AvgIpc) is 3.40. The molecule has 1 aliphatic rings. The van der Waals surface area contributed by atoms with Crippen LogP contribution in [-0.2, 0) is 14.3 Å². The molecular weight excluding hydrogens is 365 g/mol. The van der Waals surface area contributed by atoms with Gasteiger partial charge in [0.25, 0.3) is 5.91 Å². The number of esters is 1. The molecule has 0 radical (unpaired) electrons. The van der Waals surface area contributed by atoms with Crippen molar-refractivity contribution in [3.63, 3.8) is 0 Å². The second kappa shape index (κ2) is 8.41. The van der Waals surface area contributed by atoms with Gasteiger partial charge in [0.15, 0.2) is 6.61 Å². The molecule has 9 heteroatoms. The molecule has 1 atom stereocenters. The maximum Gasteiger partial charge on any atom is 0.406 e. The predicted molar refractivity (Wildman–Crippen MR) is 91.0 cm³/mol. The summed E-state index contributed by atoms with van der Waals surface area (Å²) in [5.41, 5.74) is 0.441. The molecule has 2 rings (SSSR count). The van der Waals surface area contributed by atoms with Crippen LogP contribution in [0.5, 0.6) is 0 Å². The van der Waals surface area contributed by atoms with E-state index in [0.717, 1.165) is 17.7 Å². The second-order valence-corrected chi connectivity index (χ2v) is 6.55. The highest BCUT2D eigenvalue weighted by Crippen LogP contribution is 2.36. The van der Waals surface area contributed by atoms with Crippen molar-refractivity contribution >= 4 is 23.5 Å². The first-order valence-electron chi connectivity index (χ1n) is 8.48. The molecule has 27 heavy (non-hydrogen) atoms. The number of hydrogen-bond acceptors (Lipinski definition) is 4. The van der Waals surface area contributed by atoms with Crippen LogP contribution in [0.15, 0.2) is 24.3 Å². The van der Waals surface area contributed by atoms with Crippen LogP contribution >= 0.6 is 0 Å². The van der Waals surface area contributed by atoms with E-state index >= 15 is 0 Å². The summed E-state index contributed by atoms with van der Waals surface area (Å²) in [5.74, 6) is -2.03. The first-order valence-corrected chi connectivity index (χ1v) is 8.48. The van der Waals surface area contributed by atoms with Crippen molar-refractivity contribution in [3.8, 4) is 0 Å². The first kappa shape index (κ1) is 20.7. The van der Waals surface area contributed by atoms with Crippen LogP contribution in [0.3, 0.4) is 0 Å². The zero-order chi connectivity index (χ0) is 20.2. The molecule has 1 aromatic carbocycles. The van der Waals surface area contributed by atoms with Crippen LogP contribution < -0.4 is 5.32 Å². The number of rotatable bonds is 7. The fraction of sp³-hybridized carbons (Fsp3) is 0.500. The van der Waals surface area contributed by atoms with E-state index in [1.807, 2.05) is 0 Å². The molecular formula is C18H21F3N2O4. The van der Waals surface area contributed by atoms with Gasteiger partial charge in [-0.05, 0) is 43.9 Å². The highest BCUT2D eigenvalue weighted by atomic mass is 19.4. The van der Waals surface area contributed by atoms with Crippen LogP contribution in [0.2, 0.25) is 0 Å². The molecule has 0 saturated heterocycles. The summed E-state index contributed by atoms with van der Waals surface area (Å²) in [4.78, 5) is 36.1. The quantitative estimate of drug-likeness (QED) is 0.731. The van der Waals surface area contributed by atoms with E-state index in [9.17, 15) is 27.6 Å². The van der Waals surface area contributed by atoms with Gasteiger partial charge in [0.05, 0.1) is 5.56 Å². The van der Waals surface area contributed by atoms with Crippen molar-refractivity contribution < 1.29 is 32.3 Å². The molecule has 1 N–H and O–H groups in total. The van der Waals surface area contributed by atoms with Gasteiger partial charge in [0, 0.05) is 18.7 Å². The lowest BCUT2D eigenvalue weighted by Crippen LogP contribution is -2.47. The standard InChI is InChI=1S/C18H21F3N2O4/c1-11(13-6-7-13)23(10-18(19,20)21)16(25)9-27-17(26)14-4-3-5-15(8-14)22-12(2)24/h3-5,8,11,13H,6-7,9-10H2,1-2H3,(H,22,24)/t11-/m0/s1. The molecule has 0 spiro atoms. The minimum absolute atomic E-state index is 0.0429. The smallest absolute Gasteiger partial charge is 0.406 e. The highest BCUT2D eigenvalue weighted by molar-refractivity contribution is 5.94. The Morgan fingerprint density at radius 1 is 1.30 bits per heavy atom. The lowest BCUT2D eigenvalue weighted by molar-refractivity contribution is -0.167. The monoisotopic (exact) mass is 386 g/mol. The van der Waals surface area contributed by atoms with Crippen LogP contribution in [0.25, 0.3) is 0 Å². The molecule has 0 heterocycles. The van der Waals surface area contributed by atoms with Gasteiger partial charge in [-0.2, -0.15) is 13.2 Å². The SMILES string of the molecule is CC(=O)Nc1cccc(C(=O)OCC(=O)N(CC(F)(F)F)[C@@H](C)C2CC2)c1. The average molecular weight is 386 g/mol. The number of carbonyl (C=O) groups is 3. The van der Waals surface area contributed by atoms with Crippen molar-refractivity contribution in [2.75, 3.05) is 18.5 Å². The Morgan fingerprint density at radius 2 is 1.96 bits per heavy atom. The van der Waals surface area contributed by atoms with Crippen LogP contribution in [0.4, 0.5) is 18.9 Å². The van der Waals surface area contributed by atoms with Crippen molar-refractivity contribution in [1.29, 1.82) is 0 Å². The van der Waals surface area contributed by atoms with Gasteiger partial charge in [-0.15, -0.1) is 0 Å². The summed E-state index contributed by atoms with van der Waals surface area (Å²) in [6, 6.07) is 5.27. The second-order valence-electron chi connectivity index (χ2n) is 6.55. The molecule has 148 valence electrons. The number of nitrogens with one attached hydrogen (secondary N) is 1. The largest absolute Gasteiger partial charge is 0.452 e. The molecule has 2 amide bonds. The summed E-state index contributed by atoms with van der Waals surface area (Å²) in [6.45, 7) is 0.718. The van der Waals surface area contributed by atoms with E-state index in [2.05, 4.69) is 5.32 Å². The van der Waals surface area contributed by atoms with Crippen molar-refractivity contribution in [2.24, 2.45) is 5.92 Å². The summed E-state index contributed by atoms with van der Waals surface area (Å²) in [6.07, 6.45) is -2.98. The normalized spacial score (nSPS) is 15.0. The van der Waals surface area contributed by atoms with Crippen molar-refractivity contribution in [2.45, 2.75) is 38.9 Å². The van der Waals surface area contributed by atoms with Gasteiger partial charge in [0.2, 0.25) is 5.91 Å². The van der Waals surface area contributed by atoms with E-state index < -0.39 is 37.2 Å². The third kappa shape index (κ3) is 6.58. The van der Waals surface area contributed by atoms with E-state index in [1.54, 1.807) is 13.0 Å². The maximum atomic E-state index is 12.8. The van der Waals surface area contributed by atoms with Crippen molar-refractivity contribution in [1.82, 2.24) is 4.90 Å². The number of carbonyl (C=O) groups excluding carboxylic acids is 3. The van der Waals surface area contributed by atoms with Gasteiger partial charge in [0.1, 0.15) is 6.54 Å². The van der Waals surface area contributed by atoms with Gasteiger partial charge >= 0.3 is 12.1 Å². The molecule has 1 aromatic rings. The number of hydrogen-bond donors (Lipinski definition) is 1. The van der Waals surface area contributed by atoms with Gasteiger partial charge < -0.3 is 15.0 Å². The van der Waals surface area contributed by atoms with E-state index in [1.165, 1.54) is 25.1 Å². The summed E-state index contributed by atoms with van der Waals surface area (Å²) < 4.78 is 43.2. The molecule has 1 saturated carbocycles. The number of amides is 2. The molecule has 6 nitrogen and oxygen atoms in total. The summed E-state index contributed by atoms with van der Waals surface area (Å²) in [5, 5.41) is 2.50. The third-order valence-electron chi connectivity index (χ3n) is 4.21. The number of anilines is 1. The fourth-order valence-corrected chi connectivity index (χ4v) is 2.71. The first-order chi connectivity index (χ1) is 12.6. The van der Waals surface area contributed by atoms with Crippen LogP contribution in [0, 0.1) is 5.92 Å². The molecule has 0 unspecified atom stereocenters. The van der Waals surface area contributed by atoms with E-state index in [0.29, 0.717) is 5.69 Å². The number of halogens is 3. The Balaban J connectivity index is 1.99. The Morgan fingerprint density at radius 3 is 2.52 bits per heavy atom. The highest BCUT2D eigenvalue weighted by Gasteiger charge is 2.40. The zero-order valence-electron chi connectivity index (χ0n) is 15.0.